The Morgan fingerprint density at radius 1 is 1.00 bits per heavy atom. The lowest BCUT2D eigenvalue weighted by atomic mass is 9.79. The van der Waals surface area contributed by atoms with Crippen molar-refractivity contribution < 1.29 is 14.6 Å². The number of ether oxygens (including phenoxy) is 2. The molecule has 1 atom stereocenters. The second-order valence-corrected chi connectivity index (χ2v) is 6.98. The highest BCUT2D eigenvalue weighted by molar-refractivity contribution is 4.97. The number of aliphatic hydroxyl groups excluding tert-OH is 1. The first-order chi connectivity index (χ1) is 9.76. The van der Waals surface area contributed by atoms with Gasteiger partial charge in [0.05, 0.1) is 12.2 Å². The molecule has 1 spiro atoms. The Labute approximate surface area is 122 Å². The SMILES string of the molecule is OCC1(NC2CCOC3(CCOCC3)C2)CCCCC1. The molecule has 3 rings (SSSR count). The molecule has 0 radical (unpaired) electrons. The molecule has 0 aromatic rings. The Kier molecular flexibility index (Phi) is 4.65. The van der Waals surface area contributed by atoms with E-state index in [1.54, 1.807) is 0 Å². The van der Waals surface area contributed by atoms with Gasteiger partial charge in [0.2, 0.25) is 0 Å². The van der Waals surface area contributed by atoms with Crippen LogP contribution in [0.1, 0.15) is 57.8 Å². The van der Waals surface area contributed by atoms with Crippen molar-refractivity contribution in [2.24, 2.45) is 0 Å². The first-order valence-electron chi connectivity index (χ1n) is 8.36. The molecule has 4 nitrogen and oxygen atoms in total. The molecule has 0 amide bonds. The maximum absolute atomic E-state index is 9.86. The fraction of sp³-hybridized carbons (Fsp3) is 1.00. The normalized spacial score (nSPS) is 33.1. The third-order valence-corrected chi connectivity index (χ3v) is 5.52. The summed E-state index contributed by atoms with van der Waals surface area (Å²) in [6.45, 7) is 2.79. The molecule has 1 unspecified atom stereocenters. The second kappa shape index (κ2) is 6.30. The third-order valence-electron chi connectivity index (χ3n) is 5.52. The van der Waals surface area contributed by atoms with Gasteiger partial charge in [0.1, 0.15) is 0 Å². The summed E-state index contributed by atoms with van der Waals surface area (Å²) in [5.74, 6) is 0. The van der Waals surface area contributed by atoms with Crippen LogP contribution >= 0.6 is 0 Å². The summed E-state index contributed by atoms with van der Waals surface area (Å²) >= 11 is 0. The summed E-state index contributed by atoms with van der Waals surface area (Å²) < 4.78 is 11.6. The lowest BCUT2D eigenvalue weighted by Gasteiger charge is -2.47. The largest absolute Gasteiger partial charge is 0.394 e. The molecular weight excluding hydrogens is 254 g/mol. The molecule has 2 aliphatic heterocycles. The minimum atomic E-state index is -0.0212. The van der Waals surface area contributed by atoms with Crippen LogP contribution in [-0.2, 0) is 9.47 Å². The zero-order chi connectivity index (χ0) is 13.9. The molecule has 20 heavy (non-hydrogen) atoms. The smallest absolute Gasteiger partial charge is 0.0741 e. The van der Waals surface area contributed by atoms with Crippen LogP contribution in [0.3, 0.4) is 0 Å². The molecule has 2 heterocycles. The molecule has 2 N–H and O–H groups in total. The Bertz CT molecular complexity index is 303. The van der Waals surface area contributed by atoms with Gasteiger partial charge in [-0.15, -0.1) is 0 Å². The maximum atomic E-state index is 9.86. The van der Waals surface area contributed by atoms with E-state index in [-0.39, 0.29) is 17.7 Å². The first kappa shape index (κ1) is 14.8. The van der Waals surface area contributed by atoms with E-state index in [0.29, 0.717) is 6.04 Å². The van der Waals surface area contributed by atoms with E-state index in [4.69, 9.17) is 9.47 Å². The van der Waals surface area contributed by atoms with Crippen molar-refractivity contribution in [2.45, 2.75) is 75.0 Å². The molecule has 1 aliphatic carbocycles. The summed E-state index contributed by atoms with van der Waals surface area (Å²) in [6.07, 6.45) is 10.3. The van der Waals surface area contributed by atoms with Crippen LogP contribution in [0.2, 0.25) is 0 Å². The minimum absolute atomic E-state index is 0.0212. The fourth-order valence-corrected chi connectivity index (χ4v) is 4.25. The average Bonchev–Trinajstić information content (AvgIpc) is 2.49. The van der Waals surface area contributed by atoms with Crippen molar-refractivity contribution in [1.82, 2.24) is 5.32 Å². The summed E-state index contributed by atoms with van der Waals surface area (Å²) in [7, 11) is 0. The van der Waals surface area contributed by atoms with Crippen LogP contribution in [0.5, 0.6) is 0 Å². The Morgan fingerprint density at radius 2 is 1.75 bits per heavy atom. The summed E-state index contributed by atoms with van der Waals surface area (Å²) in [6, 6.07) is 0.493. The van der Waals surface area contributed by atoms with Gasteiger partial charge in [-0.3, -0.25) is 0 Å². The van der Waals surface area contributed by atoms with Crippen molar-refractivity contribution in [2.75, 3.05) is 26.4 Å². The van der Waals surface area contributed by atoms with Gasteiger partial charge < -0.3 is 19.9 Å². The minimum Gasteiger partial charge on any atom is -0.394 e. The van der Waals surface area contributed by atoms with E-state index in [0.717, 1.165) is 58.3 Å². The van der Waals surface area contributed by atoms with Crippen molar-refractivity contribution in [3.63, 3.8) is 0 Å². The van der Waals surface area contributed by atoms with E-state index < -0.39 is 0 Å². The average molecular weight is 283 g/mol. The van der Waals surface area contributed by atoms with Crippen LogP contribution in [0.4, 0.5) is 0 Å². The van der Waals surface area contributed by atoms with E-state index in [9.17, 15) is 5.11 Å². The van der Waals surface area contributed by atoms with Gasteiger partial charge in [-0.05, 0) is 38.5 Å². The molecular formula is C16H29NO3. The zero-order valence-electron chi connectivity index (χ0n) is 12.5. The van der Waals surface area contributed by atoms with Crippen LogP contribution in [0.15, 0.2) is 0 Å². The topological polar surface area (TPSA) is 50.7 Å². The fourth-order valence-electron chi connectivity index (χ4n) is 4.25. The lowest BCUT2D eigenvalue weighted by Crippen LogP contribution is -2.58. The Balaban J connectivity index is 1.61. The van der Waals surface area contributed by atoms with Gasteiger partial charge in [-0.1, -0.05) is 19.3 Å². The van der Waals surface area contributed by atoms with E-state index in [1.807, 2.05) is 0 Å². The lowest BCUT2D eigenvalue weighted by molar-refractivity contribution is -0.143. The molecule has 4 heteroatoms. The number of rotatable bonds is 3. The monoisotopic (exact) mass is 283 g/mol. The number of aliphatic hydroxyl groups is 1. The zero-order valence-corrected chi connectivity index (χ0v) is 12.5. The molecule has 0 aromatic heterocycles. The van der Waals surface area contributed by atoms with Gasteiger partial charge in [0.15, 0.2) is 0 Å². The van der Waals surface area contributed by atoms with E-state index in [1.165, 1.54) is 19.3 Å². The van der Waals surface area contributed by atoms with Crippen LogP contribution in [0, 0.1) is 0 Å². The quantitative estimate of drug-likeness (QED) is 0.832. The Morgan fingerprint density at radius 3 is 2.45 bits per heavy atom. The van der Waals surface area contributed by atoms with Gasteiger partial charge in [-0.25, -0.2) is 0 Å². The summed E-state index contributed by atoms with van der Waals surface area (Å²) in [5, 5.41) is 13.7. The molecule has 0 bridgehead atoms. The van der Waals surface area contributed by atoms with Crippen molar-refractivity contribution >= 4 is 0 Å². The van der Waals surface area contributed by atoms with Crippen molar-refractivity contribution in [3.05, 3.63) is 0 Å². The number of hydrogen-bond acceptors (Lipinski definition) is 4. The van der Waals surface area contributed by atoms with Gasteiger partial charge >= 0.3 is 0 Å². The maximum Gasteiger partial charge on any atom is 0.0741 e. The summed E-state index contributed by atoms with van der Waals surface area (Å²) in [5.41, 5.74) is 0.0199. The molecule has 3 aliphatic rings. The molecule has 0 aromatic carbocycles. The predicted octanol–water partition coefficient (Wildman–Crippen LogP) is 2.00. The van der Waals surface area contributed by atoms with Crippen molar-refractivity contribution in [3.8, 4) is 0 Å². The number of hydrogen-bond donors (Lipinski definition) is 2. The Hall–Kier alpha value is -0.160. The second-order valence-electron chi connectivity index (χ2n) is 6.98. The van der Waals surface area contributed by atoms with Crippen LogP contribution in [-0.4, -0.2) is 48.7 Å². The molecule has 1 saturated carbocycles. The summed E-state index contributed by atoms with van der Waals surface area (Å²) in [4.78, 5) is 0. The highest BCUT2D eigenvalue weighted by Crippen LogP contribution is 2.36. The van der Waals surface area contributed by atoms with E-state index >= 15 is 0 Å². The van der Waals surface area contributed by atoms with Gasteiger partial charge in [0.25, 0.3) is 0 Å². The number of nitrogens with one attached hydrogen (secondary N) is 1. The molecule has 3 fully saturated rings. The third kappa shape index (κ3) is 3.19. The molecule has 2 saturated heterocycles. The van der Waals surface area contributed by atoms with Gasteiger partial charge in [0, 0.05) is 31.4 Å². The highest BCUT2D eigenvalue weighted by atomic mass is 16.5. The molecule has 116 valence electrons. The highest BCUT2D eigenvalue weighted by Gasteiger charge is 2.41. The van der Waals surface area contributed by atoms with Crippen LogP contribution in [0.25, 0.3) is 0 Å². The van der Waals surface area contributed by atoms with Gasteiger partial charge in [-0.2, -0.15) is 0 Å². The first-order valence-corrected chi connectivity index (χ1v) is 8.36. The predicted molar refractivity (Wildman–Crippen MR) is 77.8 cm³/mol. The van der Waals surface area contributed by atoms with Crippen LogP contribution < -0.4 is 5.32 Å². The standard InChI is InChI=1S/C16H29NO3/c18-13-15(5-2-1-3-6-15)17-14-4-9-20-16(12-14)7-10-19-11-8-16/h14,17-18H,1-13H2. The van der Waals surface area contributed by atoms with Crippen molar-refractivity contribution in [1.29, 1.82) is 0 Å². The van der Waals surface area contributed by atoms with E-state index in [2.05, 4.69) is 5.32 Å².